The van der Waals surface area contributed by atoms with Gasteiger partial charge in [0.15, 0.2) is 12.4 Å². The Morgan fingerprint density at radius 3 is 2.53 bits per heavy atom. The summed E-state index contributed by atoms with van der Waals surface area (Å²) in [5.74, 6) is -0.930. The standard InChI is InChI=1S/C26H24F3N5O4/c1-16-23(17(2)34(31-16)14-18-7-4-5-10-21(18)25(36)37-3)30-24(35)22-11-12-33(32-22)15-38-20-9-6-8-19(13-20)26(27,28)29/h4-13H,14-15H2,1-3H3,(H,30,35). The molecule has 2 heterocycles. The van der Waals surface area contributed by atoms with Crippen molar-refractivity contribution in [2.75, 3.05) is 12.4 Å². The molecule has 1 amide bonds. The van der Waals surface area contributed by atoms with Crippen LogP contribution in [0.5, 0.6) is 5.75 Å². The number of hydrogen-bond donors (Lipinski definition) is 1. The quantitative estimate of drug-likeness (QED) is 0.329. The molecule has 38 heavy (non-hydrogen) atoms. The lowest BCUT2D eigenvalue weighted by atomic mass is 10.1. The van der Waals surface area contributed by atoms with Crippen LogP contribution in [0.25, 0.3) is 0 Å². The van der Waals surface area contributed by atoms with Crippen molar-refractivity contribution in [1.29, 1.82) is 0 Å². The highest BCUT2D eigenvalue weighted by Gasteiger charge is 2.30. The Kier molecular flexibility index (Phi) is 7.51. The number of hydrogen-bond acceptors (Lipinski definition) is 6. The zero-order valence-corrected chi connectivity index (χ0v) is 20.7. The molecule has 2 aromatic heterocycles. The van der Waals surface area contributed by atoms with E-state index in [4.69, 9.17) is 9.47 Å². The van der Waals surface area contributed by atoms with Crippen LogP contribution in [-0.2, 0) is 24.2 Å². The van der Waals surface area contributed by atoms with Crippen LogP contribution in [0.4, 0.5) is 18.9 Å². The van der Waals surface area contributed by atoms with Crippen LogP contribution in [-0.4, -0.2) is 38.5 Å². The highest BCUT2D eigenvalue weighted by atomic mass is 19.4. The second kappa shape index (κ2) is 10.8. The summed E-state index contributed by atoms with van der Waals surface area (Å²) < 4.78 is 51.9. The largest absolute Gasteiger partial charge is 0.471 e. The van der Waals surface area contributed by atoms with Crippen molar-refractivity contribution in [3.8, 4) is 5.75 Å². The fraction of sp³-hybridized carbons (Fsp3) is 0.231. The minimum atomic E-state index is -4.48. The van der Waals surface area contributed by atoms with Gasteiger partial charge in [-0.25, -0.2) is 9.48 Å². The van der Waals surface area contributed by atoms with Gasteiger partial charge in [0.05, 0.1) is 41.9 Å². The van der Waals surface area contributed by atoms with Gasteiger partial charge in [0.2, 0.25) is 0 Å². The molecule has 9 nitrogen and oxygen atoms in total. The van der Waals surface area contributed by atoms with Gasteiger partial charge in [0, 0.05) is 6.20 Å². The summed E-state index contributed by atoms with van der Waals surface area (Å²) in [6.45, 7) is 3.63. The van der Waals surface area contributed by atoms with Crippen molar-refractivity contribution in [3.63, 3.8) is 0 Å². The number of esters is 1. The summed E-state index contributed by atoms with van der Waals surface area (Å²) >= 11 is 0. The molecule has 0 fully saturated rings. The van der Waals surface area contributed by atoms with Crippen LogP contribution in [0.2, 0.25) is 0 Å². The smallest absolute Gasteiger partial charge is 0.416 e. The fourth-order valence-corrected chi connectivity index (χ4v) is 3.80. The number of nitrogens with one attached hydrogen (secondary N) is 1. The maximum absolute atomic E-state index is 12.9. The lowest BCUT2D eigenvalue weighted by Gasteiger charge is -2.10. The molecule has 12 heteroatoms. The molecule has 0 aliphatic heterocycles. The second-order valence-electron chi connectivity index (χ2n) is 8.35. The number of carbonyl (C=O) groups excluding carboxylic acids is 2. The van der Waals surface area contributed by atoms with Crippen LogP contribution in [0, 0.1) is 13.8 Å². The summed E-state index contributed by atoms with van der Waals surface area (Å²) in [6, 6.07) is 13.0. The third-order valence-corrected chi connectivity index (χ3v) is 5.76. The Balaban J connectivity index is 1.43. The molecule has 0 spiro atoms. The van der Waals surface area contributed by atoms with Gasteiger partial charge in [0.1, 0.15) is 5.75 Å². The third-order valence-electron chi connectivity index (χ3n) is 5.76. The average molecular weight is 528 g/mol. The van der Waals surface area contributed by atoms with Crippen molar-refractivity contribution in [1.82, 2.24) is 19.6 Å². The maximum Gasteiger partial charge on any atom is 0.416 e. The first-order valence-corrected chi connectivity index (χ1v) is 11.4. The number of methoxy groups -OCH3 is 1. The zero-order chi connectivity index (χ0) is 27.4. The number of anilines is 1. The van der Waals surface area contributed by atoms with Gasteiger partial charge in [-0.2, -0.15) is 23.4 Å². The Bertz CT molecular complexity index is 1480. The minimum Gasteiger partial charge on any atom is -0.471 e. The maximum atomic E-state index is 12.9. The molecule has 0 aliphatic rings. The van der Waals surface area contributed by atoms with Gasteiger partial charge < -0.3 is 14.8 Å². The van der Waals surface area contributed by atoms with Gasteiger partial charge in [-0.05, 0) is 49.7 Å². The lowest BCUT2D eigenvalue weighted by Crippen LogP contribution is -2.15. The first kappa shape index (κ1) is 26.5. The predicted molar refractivity (Wildman–Crippen MR) is 131 cm³/mol. The topological polar surface area (TPSA) is 100 Å². The van der Waals surface area contributed by atoms with Crippen LogP contribution >= 0.6 is 0 Å². The molecule has 2 aromatic carbocycles. The Hall–Kier alpha value is -4.61. The van der Waals surface area contributed by atoms with Crippen molar-refractivity contribution in [2.45, 2.75) is 33.3 Å². The van der Waals surface area contributed by atoms with Gasteiger partial charge in [-0.15, -0.1) is 0 Å². The van der Waals surface area contributed by atoms with Gasteiger partial charge in [-0.1, -0.05) is 24.3 Å². The molecule has 0 saturated carbocycles. The van der Waals surface area contributed by atoms with Crippen molar-refractivity contribution in [2.24, 2.45) is 0 Å². The Morgan fingerprint density at radius 2 is 1.79 bits per heavy atom. The summed E-state index contributed by atoms with van der Waals surface area (Å²) in [4.78, 5) is 25.0. The molecule has 0 aliphatic carbocycles. The van der Waals surface area contributed by atoms with E-state index >= 15 is 0 Å². The average Bonchev–Trinajstić information content (AvgIpc) is 3.47. The molecule has 0 radical (unpaired) electrons. The van der Waals surface area contributed by atoms with E-state index in [2.05, 4.69) is 15.5 Å². The number of halogens is 3. The van der Waals surface area contributed by atoms with E-state index in [0.717, 1.165) is 12.1 Å². The van der Waals surface area contributed by atoms with E-state index in [1.54, 1.807) is 36.7 Å². The number of alkyl halides is 3. The monoisotopic (exact) mass is 527 g/mol. The Labute approximate surface area is 215 Å². The number of nitrogens with zero attached hydrogens (tertiary/aromatic N) is 4. The minimum absolute atomic E-state index is 0.0220. The lowest BCUT2D eigenvalue weighted by molar-refractivity contribution is -0.137. The number of rotatable bonds is 8. The normalized spacial score (nSPS) is 11.3. The van der Waals surface area contributed by atoms with Crippen LogP contribution < -0.4 is 10.1 Å². The van der Waals surface area contributed by atoms with Gasteiger partial charge in [-0.3, -0.25) is 9.48 Å². The highest BCUT2D eigenvalue weighted by molar-refractivity contribution is 6.03. The van der Waals surface area contributed by atoms with E-state index < -0.39 is 23.6 Å². The highest BCUT2D eigenvalue weighted by Crippen LogP contribution is 2.31. The number of ether oxygens (including phenoxy) is 2. The van der Waals surface area contributed by atoms with Crippen LogP contribution in [0.1, 0.15) is 43.4 Å². The number of benzene rings is 2. The molecule has 1 N–H and O–H groups in total. The SMILES string of the molecule is COC(=O)c1ccccc1Cn1nc(C)c(NC(=O)c2ccn(COc3cccc(C(F)(F)F)c3)n2)c1C. The molecule has 4 aromatic rings. The number of aryl methyl sites for hydroxylation is 1. The molecular formula is C26H24F3N5O4. The summed E-state index contributed by atoms with van der Waals surface area (Å²) in [7, 11) is 1.31. The molecule has 198 valence electrons. The molecule has 0 atom stereocenters. The molecule has 4 rings (SSSR count). The first-order chi connectivity index (χ1) is 18.1. The third kappa shape index (κ3) is 5.85. The molecule has 0 bridgehead atoms. The summed E-state index contributed by atoms with van der Waals surface area (Å²) in [5, 5.41) is 11.4. The van der Waals surface area contributed by atoms with Crippen molar-refractivity contribution < 1.29 is 32.2 Å². The number of carbonyl (C=O) groups is 2. The van der Waals surface area contributed by atoms with Crippen molar-refractivity contribution in [3.05, 3.63) is 94.6 Å². The van der Waals surface area contributed by atoms with E-state index in [1.165, 1.54) is 36.2 Å². The summed E-state index contributed by atoms with van der Waals surface area (Å²) in [6.07, 6.45) is -3.00. The van der Waals surface area contributed by atoms with E-state index in [0.29, 0.717) is 28.2 Å². The van der Waals surface area contributed by atoms with Crippen LogP contribution in [0.15, 0.2) is 60.8 Å². The van der Waals surface area contributed by atoms with Gasteiger partial charge >= 0.3 is 12.1 Å². The molecule has 0 saturated heterocycles. The zero-order valence-electron chi connectivity index (χ0n) is 20.7. The van der Waals surface area contributed by atoms with Gasteiger partial charge in [0.25, 0.3) is 5.91 Å². The van der Waals surface area contributed by atoms with E-state index in [1.807, 2.05) is 6.07 Å². The van der Waals surface area contributed by atoms with Crippen LogP contribution in [0.3, 0.4) is 0 Å². The second-order valence-corrected chi connectivity index (χ2v) is 8.35. The fourth-order valence-electron chi connectivity index (χ4n) is 3.80. The number of amides is 1. The van der Waals surface area contributed by atoms with E-state index in [9.17, 15) is 22.8 Å². The van der Waals surface area contributed by atoms with E-state index in [-0.39, 0.29) is 24.7 Å². The molecule has 0 unspecified atom stereocenters. The number of aromatic nitrogens is 4. The van der Waals surface area contributed by atoms with Crippen molar-refractivity contribution >= 4 is 17.6 Å². The Morgan fingerprint density at radius 1 is 1.03 bits per heavy atom. The first-order valence-electron chi connectivity index (χ1n) is 11.4. The predicted octanol–water partition coefficient (Wildman–Crippen LogP) is 4.84. The molecular weight excluding hydrogens is 503 g/mol. The summed E-state index contributed by atoms with van der Waals surface area (Å²) in [5.41, 5.74) is 2.13.